The molecule has 110 valence electrons. The van der Waals surface area contributed by atoms with Crippen molar-refractivity contribution in [1.29, 1.82) is 0 Å². The first-order chi connectivity index (χ1) is 10.7. The maximum Gasteiger partial charge on any atom is 0.151 e. The van der Waals surface area contributed by atoms with E-state index in [0.29, 0.717) is 11.3 Å². The molecule has 1 heterocycles. The average molecular weight is 292 g/mol. The first-order valence-corrected chi connectivity index (χ1v) is 7.00. The molecule has 0 unspecified atom stereocenters. The van der Waals surface area contributed by atoms with E-state index in [1.807, 2.05) is 56.4 Å². The van der Waals surface area contributed by atoms with Crippen LogP contribution in [-0.4, -0.2) is 19.0 Å². The standard InChI is InChI=1S/C18H16N2O2/c1-13(19-20(2)16-6-4-3-5-7-16)18-11-15-10-14(12-21)8-9-17(15)22-18/h3-12H,1-2H3. The molecular weight excluding hydrogens is 276 g/mol. The molecule has 0 bridgehead atoms. The number of carbonyl (C=O) groups is 1. The molecule has 0 aliphatic rings. The lowest BCUT2D eigenvalue weighted by Crippen LogP contribution is -2.11. The second kappa shape index (κ2) is 5.85. The third-order valence-corrected chi connectivity index (χ3v) is 3.46. The Balaban J connectivity index is 1.92. The van der Waals surface area contributed by atoms with Gasteiger partial charge in [0.25, 0.3) is 0 Å². The Bertz CT molecular complexity index is 835. The molecule has 22 heavy (non-hydrogen) atoms. The maximum absolute atomic E-state index is 10.8. The number of nitrogens with zero attached hydrogens (tertiary/aromatic N) is 2. The van der Waals surface area contributed by atoms with E-state index < -0.39 is 0 Å². The van der Waals surface area contributed by atoms with E-state index in [4.69, 9.17) is 4.42 Å². The first-order valence-electron chi connectivity index (χ1n) is 7.00. The van der Waals surface area contributed by atoms with Crippen molar-refractivity contribution in [2.24, 2.45) is 5.10 Å². The van der Waals surface area contributed by atoms with Gasteiger partial charge in [-0.3, -0.25) is 9.80 Å². The molecule has 0 aliphatic carbocycles. The lowest BCUT2D eigenvalue weighted by molar-refractivity contribution is 0.112. The number of hydrogen-bond acceptors (Lipinski definition) is 4. The number of benzene rings is 2. The number of carbonyl (C=O) groups excluding carboxylic acids is 1. The zero-order chi connectivity index (χ0) is 15.5. The molecule has 0 fully saturated rings. The summed E-state index contributed by atoms with van der Waals surface area (Å²) in [5, 5.41) is 7.25. The van der Waals surface area contributed by atoms with Gasteiger partial charge in [0.1, 0.15) is 17.6 Å². The Kier molecular flexibility index (Phi) is 3.74. The Morgan fingerprint density at radius 1 is 1.14 bits per heavy atom. The summed E-state index contributed by atoms with van der Waals surface area (Å²) in [5.74, 6) is 0.695. The zero-order valence-electron chi connectivity index (χ0n) is 12.5. The highest BCUT2D eigenvalue weighted by molar-refractivity contribution is 6.00. The minimum atomic E-state index is 0.635. The van der Waals surface area contributed by atoms with Crippen LogP contribution in [0.1, 0.15) is 23.0 Å². The molecule has 4 nitrogen and oxygen atoms in total. The van der Waals surface area contributed by atoms with Crippen molar-refractivity contribution in [3.05, 3.63) is 65.9 Å². The Morgan fingerprint density at radius 3 is 2.64 bits per heavy atom. The molecule has 0 saturated carbocycles. The van der Waals surface area contributed by atoms with Gasteiger partial charge in [-0.15, -0.1) is 0 Å². The summed E-state index contributed by atoms with van der Waals surface area (Å²) < 4.78 is 5.79. The monoisotopic (exact) mass is 292 g/mol. The smallest absolute Gasteiger partial charge is 0.151 e. The summed E-state index contributed by atoms with van der Waals surface area (Å²) in [6, 6.07) is 17.2. The summed E-state index contributed by atoms with van der Waals surface area (Å²) in [5.41, 5.74) is 3.16. The van der Waals surface area contributed by atoms with Crippen LogP contribution in [0.3, 0.4) is 0 Å². The summed E-state index contributed by atoms with van der Waals surface area (Å²) in [6.07, 6.45) is 0.830. The summed E-state index contributed by atoms with van der Waals surface area (Å²) >= 11 is 0. The van der Waals surface area contributed by atoms with Gasteiger partial charge in [-0.1, -0.05) is 18.2 Å². The molecule has 0 atom stereocenters. The van der Waals surface area contributed by atoms with E-state index in [1.165, 1.54) is 0 Å². The van der Waals surface area contributed by atoms with Crippen molar-refractivity contribution in [2.75, 3.05) is 12.1 Å². The molecule has 2 aromatic carbocycles. The fourth-order valence-corrected chi connectivity index (χ4v) is 2.29. The third-order valence-electron chi connectivity index (χ3n) is 3.46. The van der Waals surface area contributed by atoms with E-state index >= 15 is 0 Å². The van der Waals surface area contributed by atoms with Gasteiger partial charge < -0.3 is 4.42 Å². The van der Waals surface area contributed by atoms with Crippen LogP contribution in [0.25, 0.3) is 11.0 Å². The Hall–Kier alpha value is -2.88. The summed E-state index contributed by atoms with van der Waals surface area (Å²) in [4.78, 5) is 10.8. The highest BCUT2D eigenvalue weighted by Crippen LogP contribution is 2.21. The number of hydrogen-bond donors (Lipinski definition) is 0. The zero-order valence-corrected chi connectivity index (χ0v) is 12.5. The SMILES string of the molecule is CC(=NN(C)c1ccccc1)c1cc2cc(C=O)ccc2o1. The number of furan rings is 1. The van der Waals surface area contributed by atoms with Crippen LogP contribution in [-0.2, 0) is 0 Å². The minimum absolute atomic E-state index is 0.635. The fourth-order valence-electron chi connectivity index (χ4n) is 2.29. The highest BCUT2D eigenvalue weighted by Gasteiger charge is 2.08. The van der Waals surface area contributed by atoms with E-state index in [1.54, 1.807) is 17.1 Å². The van der Waals surface area contributed by atoms with Crippen molar-refractivity contribution in [2.45, 2.75) is 6.92 Å². The van der Waals surface area contributed by atoms with Crippen LogP contribution in [0, 0.1) is 0 Å². The molecular formula is C18H16N2O2. The molecule has 3 rings (SSSR count). The van der Waals surface area contributed by atoms with E-state index in [2.05, 4.69) is 5.10 Å². The Labute approximate surface area is 128 Å². The minimum Gasteiger partial charge on any atom is -0.455 e. The van der Waals surface area contributed by atoms with E-state index in [0.717, 1.165) is 28.7 Å². The maximum atomic E-state index is 10.8. The predicted octanol–water partition coefficient (Wildman–Crippen LogP) is 4.11. The average Bonchev–Trinajstić information content (AvgIpc) is 2.98. The number of hydrazone groups is 1. The topological polar surface area (TPSA) is 45.8 Å². The van der Waals surface area contributed by atoms with Crippen LogP contribution in [0.2, 0.25) is 0 Å². The van der Waals surface area contributed by atoms with Gasteiger partial charge in [0, 0.05) is 18.0 Å². The number of para-hydroxylation sites is 1. The van der Waals surface area contributed by atoms with Crippen LogP contribution in [0.4, 0.5) is 5.69 Å². The lowest BCUT2D eigenvalue weighted by atomic mass is 10.2. The van der Waals surface area contributed by atoms with Gasteiger partial charge >= 0.3 is 0 Å². The number of aldehydes is 1. The van der Waals surface area contributed by atoms with Crippen molar-refractivity contribution in [3.63, 3.8) is 0 Å². The molecule has 0 radical (unpaired) electrons. The normalized spacial score (nSPS) is 11.6. The Morgan fingerprint density at radius 2 is 1.91 bits per heavy atom. The quantitative estimate of drug-likeness (QED) is 0.413. The van der Waals surface area contributed by atoms with E-state index in [9.17, 15) is 4.79 Å². The first kappa shape index (κ1) is 14.1. The lowest BCUT2D eigenvalue weighted by Gasteiger charge is -2.13. The van der Waals surface area contributed by atoms with Gasteiger partial charge in [-0.05, 0) is 43.3 Å². The highest BCUT2D eigenvalue weighted by atomic mass is 16.3. The summed E-state index contributed by atoms with van der Waals surface area (Å²) in [7, 11) is 1.89. The van der Waals surface area contributed by atoms with Crippen LogP contribution in [0.5, 0.6) is 0 Å². The van der Waals surface area contributed by atoms with Crippen LogP contribution >= 0.6 is 0 Å². The molecule has 0 saturated heterocycles. The van der Waals surface area contributed by atoms with Gasteiger partial charge in [-0.2, -0.15) is 5.10 Å². The molecule has 0 spiro atoms. The number of fused-ring (bicyclic) bond motifs is 1. The van der Waals surface area contributed by atoms with Gasteiger partial charge in [-0.25, -0.2) is 0 Å². The molecule has 0 N–H and O–H groups in total. The fraction of sp³-hybridized carbons (Fsp3) is 0.111. The van der Waals surface area contributed by atoms with E-state index in [-0.39, 0.29) is 0 Å². The van der Waals surface area contributed by atoms with Gasteiger partial charge in [0.15, 0.2) is 5.76 Å². The van der Waals surface area contributed by atoms with Crippen LogP contribution in [0.15, 0.2) is 64.1 Å². The summed E-state index contributed by atoms with van der Waals surface area (Å²) in [6.45, 7) is 1.90. The van der Waals surface area contributed by atoms with Crippen molar-refractivity contribution in [3.8, 4) is 0 Å². The van der Waals surface area contributed by atoms with Crippen molar-refractivity contribution < 1.29 is 9.21 Å². The third kappa shape index (κ3) is 2.76. The second-order valence-corrected chi connectivity index (χ2v) is 5.07. The van der Waals surface area contributed by atoms with Gasteiger partial charge in [0.2, 0.25) is 0 Å². The molecule has 3 aromatic rings. The second-order valence-electron chi connectivity index (χ2n) is 5.07. The molecule has 1 aromatic heterocycles. The van der Waals surface area contributed by atoms with Crippen molar-refractivity contribution >= 4 is 28.7 Å². The van der Waals surface area contributed by atoms with Crippen LogP contribution < -0.4 is 5.01 Å². The van der Waals surface area contributed by atoms with Crippen molar-refractivity contribution in [1.82, 2.24) is 0 Å². The molecule has 0 amide bonds. The molecule has 0 aliphatic heterocycles. The largest absolute Gasteiger partial charge is 0.455 e. The number of rotatable bonds is 4. The number of anilines is 1. The van der Waals surface area contributed by atoms with Gasteiger partial charge in [0.05, 0.1) is 5.69 Å². The molecule has 4 heteroatoms. The predicted molar refractivity (Wildman–Crippen MR) is 88.7 cm³/mol.